The molecule has 1 rings (SSSR count). The van der Waals surface area contributed by atoms with Crippen LogP contribution in [0.1, 0.15) is 51.5 Å². The molecule has 118 valence electrons. The Kier molecular flexibility index (Phi) is 13.5. The second-order valence-corrected chi connectivity index (χ2v) is 5.52. The minimum absolute atomic E-state index is 0. The molecule has 0 aliphatic heterocycles. The van der Waals surface area contributed by atoms with Gasteiger partial charge >= 0.3 is 18.9 Å². The Labute approximate surface area is 148 Å². The van der Waals surface area contributed by atoms with Crippen LogP contribution in [0.2, 0.25) is 0 Å². The Morgan fingerprint density at radius 3 is 2.50 bits per heavy atom. The van der Waals surface area contributed by atoms with Crippen molar-refractivity contribution in [3.05, 3.63) is 53.0 Å². The van der Waals surface area contributed by atoms with Gasteiger partial charge in [-0.05, 0) is 24.8 Å². The number of hydrogen-bond donors (Lipinski definition) is 0. The van der Waals surface area contributed by atoms with Crippen molar-refractivity contribution in [1.29, 1.82) is 0 Å². The van der Waals surface area contributed by atoms with Gasteiger partial charge in [0.2, 0.25) is 0 Å². The number of allylic oxidation sites excluding steroid dienone is 2. The van der Waals surface area contributed by atoms with Gasteiger partial charge in [-0.3, -0.25) is 0 Å². The fraction of sp³-hybridized carbons (Fsp3) is 0.579. The zero-order valence-electron chi connectivity index (χ0n) is 14.8. The standard InChI is InChI=1S/C19H30NO.Li/c1-4-6-13-18(14-7-5-2)20-19(16-21-3)15-17-11-9-8-10-12-17;/h8-13,19H,4-7,14-16H2,1-3H3;/q-1;+1/b18-13-;/t19-;/m0./s1. The average molecular weight is 295 g/mol. The van der Waals surface area contributed by atoms with Crippen LogP contribution in [-0.4, -0.2) is 19.8 Å². The van der Waals surface area contributed by atoms with E-state index in [9.17, 15) is 0 Å². The number of hydrogen-bond acceptors (Lipinski definition) is 1. The summed E-state index contributed by atoms with van der Waals surface area (Å²) >= 11 is 0. The molecule has 0 saturated carbocycles. The van der Waals surface area contributed by atoms with Gasteiger partial charge in [-0.2, -0.15) is 5.70 Å². The molecule has 22 heavy (non-hydrogen) atoms. The second-order valence-electron chi connectivity index (χ2n) is 5.52. The van der Waals surface area contributed by atoms with Gasteiger partial charge in [0.05, 0.1) is 0 Å². The molecular weight excluding hydrogens is 265 g/mol. The molecule has 0 heterocycles. The normalized spacial score (nSPS) is 12.6. The van der Waals surface area contributed by atoms with Crippen LogP contribution in [0.3, 0.4) is 0 Å². The fourth-order valence-electron chi connectivity index (χ4n) is 2.34. The van der Waals surface area contributed by atoms with Crippen LogP contribution in [0.15, 0.2) is 42.1 Å². The molecule has 0 saturated heterocycles. The molecule has 1 atom stereocenters. The van der Waals surface area contributed by atoms with E-state index in [2.05, 4.69) is 50.3 Å². The van der Waals surface area contributed by atoms with Gasteiger partial charge in [-0.25, -0.2) is 0 Å². The van der Waals surface area contributed by atoms with Gasteiger partial charge in [-0.15, -0.1) is 6.08 Å². The molecule has 1 aromatic carbocycles. The molecule has 0 aliphatic carbocycles. The molecular formula is C19H30LiNO. The van der Waals surface area contributed by atoms with Crippen LogP contribution in [-0.2, 0) is 11.2 Å². The van der Waals surface area contributed by atoms with Crippen LogP contribution >= 0.6 is 0 Å². The molecule has 0 radical (unpaired) electrons. The Morgan fingerprint density at radius 1 is 1.18 bits per heavy atom. The van der Waals surface area contributed by atoms with Gasteiger partial charge in [0.1, 0.15) is 0 Å². The number of nitrogens with zero attached hydrogens (tertiary/aromatic N) is 1. The third-order valence-electron chi connectivity index (χ3n) is 3.48. The van der Waals surface area contributed by atoms with E-state index in [1.807, 2.05) is 0 Å². The van der Waals surface area contributed by atoms with E-state index in [0.717, 1.165) is 19.3 Å². The zero-order valence-corrected chi connectivity index (χ0v) is 14.8. The third kappa shape index (κ3) is 9.36. The van der Waals surface area contributed by atoms with Crippen LogP contribution in [0.25, 0.3) is 5.32 Å². The first kappa shape index (κ1) is 21.3. The molecule has 0 amide bonds. The van der Waals surface area contributed by atoms with Gasteiger partial charge in [0.15, 0.2) is 0 Å². The van der Waals surface area contributed by atoms with Crippen molar-refractivity contribution in [2.24, 2.45) is 0 Å². The second kappa shape index (κ2) is 13.9. The van der Waals surface area contributed by atoms with E-state index in [4.69, 9.17) is 10.1 Å². The van der Waals surface area contributed by atoms with Gasteiger partial charge in [-0.1, -0.05) is 69.5 Å². The summed E-state index contributed by atoms with van der Waals surface area (Å²) < 4.78 is 5.37. The molecule has 0 bridgehead atoms. The summed E-state index contributed by atoms with van der Waals surface area (Å²) in [6.45, 7) is 5.13. The average Bonchev–Trinajstić information content (AvgIpc) is 2.51. The number of benzene rings is 1. The first-order chi connectivity index (χ1) is 10.3. The summed E-state index contributed by atoms with van der Waals surface area (Å²) in [5.74, 6) is 0. The Morgan fingerprint density at radius 2 is 1.91 bits per heavy atom. The molecule has 0 spiro atoms. The van der Waals surface area contributed by atoms with Crippen LogP contribution in [0, 0.1) is 0 Å². The van der Waals surface area contributed by atoms with Gasteiger partial charge in [0, 0.05) is 13.7 Å². The topological polar surface area (TPSA) is 23.3 Å². The summed E-state index contributed by atoms with van der Waals surface area (Å²) in [6, 6.07) is 10.8. The van der Waals surface area contributed by atoms with E-state index in [0.29, 0.717) is 6.61 Å². The first-order valence-corrected chi connectivity index (χ1v) is 8.22. The molecule has 2 nitrogen and oxygen atoms in total. The number of ether oxygens (including phenoxy) is 1. The van der Waals surface area contributed by atoms with Crippen LogP contribution in [0.4, 0.5) is 0 Å². The van der Waals surface area contributed by atoms with Crippen molar-refractivity contribution in [2.45, 2.75) is 58.4 Å². The van der Waals surface area contributed by atoms with Crippen LogP contribution < -0.4 is 18.9 Å². The summed E-state index contributed by atoms with van der Waals surface area (Å²) in [6.07, 6.45) is 9.07. The van der Waals surface area contributed by atoms with Crippen molar-refractivity contribution < 1.29 is 23.6 Å². The molecule has 3 heteroatoms. The first-order valence-electron chi connectivity index (χ1n) is 8.22. The van der Waals surface area contributed by atoms with Crippen molar-refractivity contribution >= 4 is 0 Å². The molecule has 0 aliphatic rings. The van der Waals surface area contributed by atoms with Crippen molar-refractivity contribution in [2.75, 3.05) is 13.7 Å². The molecule has 0 fully saturated rings. The predicted octanol–water partition coefficient (Wildman–Crippen LogP) is 2.50. The monoisotopic (exact) mass is 295 g/mol. The maximum absolute atomic E-state index is 5.37. The molecule has 1 aromatic rings. The van der Waals surface area contributed by atoms with E-state index in [1.165, 1.54) is 30.5 Å². The van der Waals surface area contributed by atoms with Crippen molar-refractivity contribution in [3.8, 4) is 0 Å². The van der Waals surface area contributed by atoms with Crippen LogP contribution in [0.5, 0.6) is 0 Å². The largest absolute Gasteiger partial charge is 1.00 e. The molecule has 0 N–H and O–H groups in total. The summed E-state index contributed by atoms with van der Waals surface area (Å²) in [4.78, 5) is 0. The Balaban J connectivity index is 0.00000441. The minimum Gasteiger partial charge on any atom is -0.683 e. The number of methoxy groups -OCH3 is 1. The zero-order chi connectivity index (χ0) is 15.3. The van der Waals surface area contributed by atoms with Gasteiger partial charge in [0.25, 0.3) is 0 Å². The third-order valence-corrected chi connectivity index (χ3v) is 3.48. The molecule has 0 aromatic heterocycles. The predicted molar refractivity (Wildman–Crippen MR) is 91.7 cm³/mol. The smallest absolute Gasteiger partial charge is 0.683 e. The Bertz CT molecular complexity index is 392. The summed E-state index contributed by atoms with van der Waals surface area (Å²) in [5, 5.41) is 4.97. The minimum atomic E-state index is 0. The van der Waals surface area contributed by atoms with E-state index in [-0.39, 0.29) is 24.9 Å². The summed E-state index contributed by atoms with van der Waals surface area (Å²) in [7, 11) is 1.76. The maximum Gasteiger partial charge on any atom is 1.00 e. The SMILES string of the molecule is CCC/C=C(/CCCC)[N-][C@H](COC)Cc1ccccc1.[Li+]. The van der Waals surface area contributed by atoms with Crippen molar-refractivity contribution in [1.82, 2.24) is 0 Å². The molecule has 0 unspecified atom stereocenters. The quantitative estimate of drug-likeness (QED) is 0.575. The maximum atomic E-state index is 5.37. The van der Waals surface area contributed by atoms with Crippen molar-refractivity contribution in [3.63, 3.8) is 0 Å². The summed E-state index contributed by atoms with van der Waals surface area (Å²) in [5.41, 5.74) is 2.59. The van der Waals surface area contributed by atoms with E-state index >= 15 is 0 Å². The van der Waals surface area contributed by atoms with E-state index in [1.54, 1.807) is 7.11 Å². The van der Waals surface area contributed by atoms with Gasteiger partial charge < -0.3 is 10.1 Å². The number of unbranched alkanes of at least 4 members (excludes halogenated alkanes) is 2. The number of rotatable bonds is 11. The van der Waals surface area contributed by atoms with E-state index < -0.39 is 0 Å². The fourth-order valence-corrected chi connectivity index (χ4v) is 2.34. The Hall–Kier alpha value is -0.683.